The SMILES string of the molecule is Cc1nc(N2CCC3(O)CCCCC3C2)sc1C. The molecule has 0 spiro atoms. The first kappa shape index (κ1) is 12.4. The molecule has 1 aromatic rings. The Morgan fingerprint density at radius 3 is 2.89 bits per heavy atom. The maximum Gasteiger partial charge on any atom is 0.185 e. The van der Waals surface area contributed by atoms with Gasteiger partial charge in [-0.15, -0.1) is 11.3 Å². The number of anilines is 1. The summed E-state index contributed by atoms with van der Waals surface area (Å²) in [5.74, 6) is 0.449. The highest BCUT2D eigenvalue weighted by molar-refractivity contribution is 7.15. The first-order chi connectivity index (χ1) is 8.58. The van der Waals surface area contributed by atoms with Crippen LogP contribution in [-0.2, 0) is 0 Å². The Morgan fingerprint density at radius 2 is 2.17 bits per heavy atom. The van der Waals surface area contributed by atoms with E-state index in [0.29, 0.717) is 5.92 Å². The highest BCUT2D eigenvalue weighted by Crippen LogP contribution is 2.41. The van der Waals surface area contributed by atoms with Crippen molar-refractivity contribution in [1.82, 2.24) is 4.98 Å². The predicted molar refractivity (Wildman–Crippen MR) is 75.3 cm³/mol. The summed E-state index contributed by atoms with van der Waals surface area (Å²) in [7, 11) is 0. The van der Waals surface area contributed by atoms with Gasteiger partial charge in [0, 0.05) is 23.9 Å². The zero-order valence-corrected chi connectivity index (χ0v) is 12.1. The van der Waals surface area contributed by atoms with Gasteiger partial charge in [0.05, 0.1) is 11.3 Å². The molecule has 0 aromatic carbocycles. The number of aromatic nitrogens is 1. The Hall–Kier alpha value is -0.610. The lowest BCUT2D eigenvalue weighted by Crippen LogP contribution is -2.53. The minimum atomic E-state index is -0.379. The van der Waals surface area contributed by atoms with E-state index in [2.05, 4.69) is 23.7 Å². The lowest BCUT2D eigenvalue weighted by Gasteiger charge is -2.47. The predicted octanol–water partition coefficient (Wildman–Crippen LogP) is 2.89. The van der Waals surface area contributed by atoms with Gasteiger partial charge < -0.3 is 10.0 Å². The van der Waals surface area contributed by atoms with Crippen LogP contribution in [0.4, 0.5) is 5.13 Å². The van der Waals surface area contributed by atoms with Gasteiger partial charge in [-0.2, -0.15) is 0 Å². The molecule has 2 fully saturated rings. The molecule has 3 nitrogen and oxygen atoms in total. The van der Waals surface area contributed by atoms with Gasteiger partial charge in [-0.25, -0.2) is 4.98 Å². The summed E-state index contributed by atoms with van der Waals surface area (Å²) < 4.78 is 0. The molecule has 2 atom stereocenters. The van der Waals surface area contributed by atoms with Crippen molar-refractivity contribution in [2.45, 2.75) is 51.6 Å². The second-order valence-electron chi connectivity index (χ2n) is 5.88. The second kappa shape index (κ2) is 4.49. The van der Waals surface area contributed by atoms with Crippen LogP contribution in [0.5, 0.6) is 0 Å². The zero-order valence-electron chi connectivity index (χ0n) is 11.3. The van der Waals surface area contributed by atoms with Crippen LogP contribution in [0, 0.1) is 19.8 Å². The number of hydrogen-bond acceptors (Lipinski definition) is 4. The number of hydrogen-bond donors (Lipinski definition) is 1. The van der Waals surface area contributed by atoms with Gasteiger partial charge >= 0.3 is 0 Å². The first-order valence-electron chi connectivity index (χ1n) is 7.00. The second-order valence-corrected chi connectivity index (χ2v) is 7.06. The standard InChI is InChI=1S/C14H22N2OS/c1-10-11(2)18-13(15-10)16-8-7-14(17)6-4-3-5-12(14)9-16/h12,17H,3-9H2,1-2H3. The number of rotatable bonds is 1. The number of nitrogens with zero attached hydrogens (tertiary/aromatic N) is 2. The third-order valence-corrected chi connectivity index (χ3v) is 5.85. The van der Waals surface area contributed by atoms with E-state index in [1.54, 1.807) is 11.3 Å². The van der Waals surface area contributed by atoms with Crippen molar-refractivity contribution in [1.29, 1.82) is 0 Å². The Kier molecular flexibility index (Phi) is 3.10. The smallest absolute Gasteiger partial charge is 0.185 e. The quantitative estimate of drug-likeness (QED) is 0.849. The van der Waals surface area contributed by atoms with E-state index >= 15 is 0 Å². The van der Waals surface area contributed by atoms with Crippen molar-refractivity contribution in [2.24, 2.45) is 5.92 Å². The summed E-state index contributed by atoms with van der Waals surface area (Å²) in [4.78, 5) is 8.36. The number of aliphatic hydroxyl groups is 1. The summed E-state index contributed by atoms with van der Waals surface area (Å²) in [5.41, 5.74) is 0.773. The molecule has 3 rings (SSSR count). The average Bonchev–Trinajstić information content (AvgIpc) is 2.68. The maximum atomic E-state index is 10.7. The van der Waals surface area contributed by atoms with Crippen LogP contribution in [0.2, 0.25) is 0 Å². The molecule has 1 N–H and O–H groups in total. The highest BCUT2D eigenvalue weighted by Gasteiger charge is 2.43. The van der Waals surface area contributed by atoms with E-state index < -0.39 is 0 Å². The fourth-order valence-electron chi connectivity index (χ4n) is 3.34. The Labute approximate surface area is 113 Å². The summed E-state index contributed by atoms with van der Waals surface area (Å²) in [6, 6.07) is 0. The summed E-state index contributed by atoms with van der Waals surface area (Å²) in [5, 5.41) is 11.8. The van der Waals surface area contributed by atoms with Crippen molar-refractivity contribution in [3.8, 4) is 0 Å². The highest BCUT2D eigenvalue weighted by atomic mass is 32.1. The van der Waals surface area contributed by atoms with Crippen LogP contribution in [-0.4, -0.2) is 28.8 Å². The van der Waals surface area contributed by atoms with Crippen LogP contribution in [0.1, 0.15) is 42.7 Å². The number of aryl methyl sites for hydroxylation is 2. The van der Waals surface area contributed by atoms with Crippen molar-refractivity contribution < 1.29 is 5.11 Å². The molecule has 0 bridgehead atoms. The molecule has 18 heavy (non-hydrogen) atoms. The number of piperidine rings is 1. The van der Waals surface area contributed by atoms with Crippen molar-refractivity contribution in [2.75, 3.05) is 18.0 Å². The van der Waals surface area contributed by atoms with Crippen LogP contribution >= 0.6 is 11.3 Å². The molecule has 1 saturated carbocycles. The molecule has 0 amide bonds. The third kappa shape index (κ3) is 2.05. The van der Waals surface area contributed by atoms with Gasteiger partial charge in [0.15, 0.2) is 5.13 Å². The zero-order chi connectivity index (χ0) is 12.8. The molecule has 2 unspecified atom stereocenters. The Balaban J connectivity index is 1.77. The van der Waals surface area contributed by atoms with Crippen molar-refractivity contribution >= 4 is 16.5 Å². The third-order valence-electron chi connectivity index (χ3n) is 4.72. The van der Waals surface area contributed by atoms with Gasteiger partial charge in [0.1, 0.15) is 0 Å². The van der Waals surface area contributed by atoms with Crippen LogP contribution in [0.15, 0.2) is 0 Å². The monoisotopic (exact) mass is 266 g/mol. The van der Waals surface area contributed by atoms with Crippen LogP contribution in [0.3, 0.4) is 0 Å². The molecule has 1 aliphatic heterocycles. The summed E-state index contributed by atoms with van der Waals surface area (Å²) in [6.45, 7) is 6.16. The van der Waals surface area contributed by atoms with Gasteiger partial charge in [0.25, 0.3) is 0 Å². The lowest BCUT2D eigenvalue weighted by atomic mass is 9.71. The Morgan fingerprint density at radius 1 is 1.33 bits per heavy atom. The van der Waals surface area contributed by atoms with Gasteiger partial charge in [-0.05, 0) is 33.1 Å². The molecule has 1 aliphatic carbocycles. The fraction of sp³-hybridized carbons (Fsp3) is 0.786. The summed E-state index contributed by atoms with van der Waals surface area (Å²) in [6.07, 6.45) is 5.56. The normalized spacial score (nSPS) is 32.4. The van der Waals surface area contributed by atoms with E-state index in [4.69, 9.17) is 0 Å². The molecule has 100 valence electrons. The Bertz CT molecular complexity index is 426. The molecular weight excluding hydrogens is 244 g/mol. The average molecular weight is 266 g/mol. The molecule has 1 saturated heterocycles. The van der Waals surface area contributed by atoms with Gasteiger partial charge in [0.2, 0.25) is 0 Å². The largest absolute Gasteiger partial charge is 0.389 e. The molecular formula is C14H22N2OS. The van der Waals surface area contributed by atoms with E-state index in [9.17, 15) is 5.11 Å². The number of thiazole rings is 1. The van der Waals surface area contributed by atoms with Crippen LogP contribution < -0.4 is 4.90 Å². The minimum absolute atomic E-state index is 0.379. The minimum Gasteiger partial charge on any atom is -0.389 e. The number of fused-ring (bicyclic) bond motifs is 1. The molecule has 4 heteroatoms. The van der Waals surface area contributed by atoms with Gasteiger partial charge in [-0.3, -0.25) is 0 Å². The maximum absolute atomic E-state index is 10.7. The van der Waals surface area contributed by atoms with Crippen molar-refractivity contribution in [3.63, 3.8) is 0 Å². The van der Waals surface area contributed by atoms with Gasteiger partial charge in [-0.1, -0.05) is 12.8 Å². The molecule has 0 radical (unpaired) electrons. The van der Waals surface area contributed by atoms with E-state index in [1.807, 2.05) is 0 Å². The lowest BCUT2D eigenvalue weighted by molar-refractivity contribution is -0.0612. The van der Waals surface area contributed by atoms with E-state index in [-0.39, 0.29) is 5.60 Å². The van der Waals surface area contributed by atoms with E-state index in [0.717, 1.165) is 36.8 Å². The van der Waals surface area contributed by atoms with Crippen molar-refractivity contribution in [3.05, 3.63) is 10.6 Å². The van der Waals surface area contributed by atoms with Crippen LogP contribution in [0.25, 0.3) is 0 Å². The summed E-state index contributed by atoms with van der Waals surface area (Å²) >= 11 is 1.79. The topological polar surface area (TPSA) is 36.4 Å². The van der Waals surface area contributed by atoms with E-state index in [1.165, 1.54) is 24.1 Å². The molecule has 2 heterocycles. The molecule has 2 aliphatic rings. The fourth-order valence-corrected chi connectivity index (χ4v) is 4.28. The first-order valence-corrected chi connectivity index (χ1v) is 7.81. The molecule has 1 aromatic heterocycles.